The fraction of sp³-hybridized carbons (Fsp3) is 0.286. The topological polar surface area (TPSA) is 90.5 Å². The lowest BCUT2D eigenvalue weighted by Gasteiger charge is -2.32. The SMILES string of the molecule is O=C(NCC1CCN(C(=O)Nc2ccc(F)cc2)CC1)C(=O)Nc1ccccc1Cl. The molecule has 4 amide bonds. The fourth-order valence-corrected chi connectivity index (χ4v) is 3.32. The Morgan fingerprint density at radius 1 is 0.967 bits per heavy atom. The van der Waals surface area contributed by atoms with Gasteiger partial charge in [-0.2, -0.15) is 0 Å². The van der Waals surface area contributed by atoms with Gasteiger partial charge in [0.2, 0.25) is 0 Å². The number of hydrogen-bond donors (Lipinski definition) is 3. The van der Waals surface area contributed by atoms with Gasteiger partial charge in [-0.25, -0.2) is 9.18 Å². The molecule has 0 radical (unpaired) electrons. The third-order valence-corrected chi connectivity index (χ3v) is 5.21. The van der Waals surface area contributed by atoms with Crippen molar-refractivity contribution in [2.45, 2.75) is 12.8 Å². The number of hydrogen-bond acceptors (Lipinski definition) is 3. The molecule has 0 aliphatic carbocycles. The third kappa shape index (κ3) is 5.93. The maximum Gasteiger partial charge on any atom is 0.321 e. The quantitative estimate of drug-likeness (QED) is 0.646. The number of halogens is 2. The maximum absolute atomic E-state index is 12.9. The zero-order valence-corrected chi connectivity index (χ0v) is 16.9. The molecule has 30 heavy (non-hydrogen) atoms. The summed E-state index contributed by atoms with van der Waals surface area (Å²) < 4.78 is 12.9. The summed E-state index contributed by atoms with van der Waals surface area (Å²) in [5.74, 6) is -1.71. The van der Waals surface area contributed by atoms with E-state index in [0.29, 0.717) is 48.9 Å². The number of benzene rings is 2. The van der Waals surface area contributed by atoms with Crippen molar-refractivity contribution in [2.75, 3.05) is 30.3 Å². The molecule has 0 spiro atoms. The number of urea groups is 1. The van der Waals surface area contributed by atoms with Crippen LogP contribution in [0, 0.1) is 11.7 Å². The summed E-state index contributed by atoms with van der Waals surface area (Å²) >= 11 is 5.97. The molecule has 0 unspecified atom stereocenters. The van der Waals surface area contributed by atoms with E-state index in [1.165, 1.54) is 24.3 Å². The van der Waals surface area contributed by atoms with Crippen LogP contribution in [0.5, 0.6) is 0 Å². The van der Waals surface area contributed by atoms with Crippen LogP contribution in [-0.4, -0.2) is 42.4 Å². The number of carbonyl (C=O) groups excluding carboxylic acids is 3. The summed E-state index contributed by atoms with van der Waals surface area (Å²) in [6, 6.07) is 12.0. The number of para-hydroxylation sites is 1. The molecule has 1 aliphatic rings. The lowest BCUT2D eigenvalue weighted by atomic mass is 9.97. The van der Waals surface area contributed by atoms with Crippen LogP contribution in [0.3, 0.4) is 0 Å². The molecule has 2 aromatic rings. The lowest BCUT2D eigenvalue weighted by molar-refractivity contribution is -0.136. The second kappa shape index (κ2) is 10.1. The lowest BCUT2D eigenvalue weighted by Crippen LogP contribution is -2.44. The van der Waals surface area contributed by atoms with Gasteiger partial charge in [-0.15, -0.1) is 0 Å². The van der Waals surface area contributed by atoms with Crippen molar-refractivity contribution in [2.24, 2.45) is 5.92 Å². The molecule has 0 saturated carbocycles. The first kappa shape index (κ1) is 21.6. The number of nitrogens with one attached hydrogen (secondary N) is 3. The zero-order chi connectivity index (χ0) is 21.5. The molecule has 1 saturated heterocycles. The van der Waals surface area contributed by atoms with E-state index in [0.717, 1.165) is 0 Å². The second-order valence-electron chi connectivity index (χ2n) is 7.01. The minimum absolute atomic E-state index is 0.164. The van der Waals surface area contributed by atoms with Crippen LogP contribution in [0.1, 0.15) is 12.8 Å². The molecule has 2 aromatic carbocycles. The molecular weight excluding hydrogens is 411 g/mol. The third-order valence-electron chi connectivity index (χ3n) is 4.88. The van der Waals surface area contributed by atoms with Gasteiger partial charge in [0.25, 0.3) is 0 Å². The van der Waals surface area contributed by atoms with Crippen LogP contribution in [0.15, 0.2) is 48.5 Å². The highest BCUT2D eigenvalue weighted by Crippen LogP contribution is 2.20. The Bertz CT molecular complexity index is 915. The van der Waals surface area contributed by atoms with E-state index in [9.17, 15) is 18.8 Å². The van der Waals surface area contributed by atoms with Crippen molar-refractivity contribution in [3.8, 4) is 0 Å². The number of carbonyl (C=O) groups is 3. The molecule has 0 bridgehead atoms. The molecule has 1 fully saturated rings. The fourth-order valence-electron chi connectivity index (χ4n) is 3.13. The number of piperidine rings is 1. The predicted molar refractivity (Wildman–Crippen MR) is 113 cm³/mol. The first-order valence-corrected chi connectivity index (χ1v) is 9.95. The van der Waals surface area contributed by atoms with E-state index in [4.69, 9.17) is 11.6 Å². The molecule has 158 valence electrons. The zero-order valence-electron chi connectivity index (χ0n) is 16.2. The van der Waals surface area contributed by atoms with E-state index < -0.39 is 11.8 Å². The Morgan fingerprint density at radius 3 is 2.30 bits per heavy atom. The molecule has 3 rings (SSSR count). The molecule has 7 nitrogen and oxygen atoms in total. The highest BCUT2D eigenvalue weighted by Gasteiger charge is 2.24. The van der Waals surface area contributed by atoms with Gasteiger partial charge in [0.15, 0.2) is 0 Å². The van der Waals surface area contributed by atoms with Gasteiger partial charge in [0, 0.05) is 25.3 Å². The van der Waals surface area contributed by atoms with Crippen molar-refractivity contribution < 1.29 is 18.8 Å². The standard InChI is InChI=1S/C21H22ClFN4O3/c22-17-3-1-2-4-18(17)26-20(29)19(28)24-13-14-9-11-27(12-10-14)21(30)25-16-7-5-15(23)6-8-16/h1-8,14H,9-13H2,(H,24,28)(H,25,30)(H,26,29). The van der Waals surface area contributed by atoms with Crippen molar-refractivity contribution in [1.82, 2.24) is 10.2 Å². The molecule has 3 N–H and O–H groups in total. The van der Waals surface area contributed by atoms with E-state index >= 15 is 0 Å². The van der Waals surface area contributed by atoms with Gasteiger partial charge in [-0.1, -0.05) is 23.7 Å². The van der Waals surface area contributed by atoms with Crippen molar-refractivity contribution in [3.05, 3.63) is 59.4 Å². The maximum atomic E-state index is 12.9. The van der Waals surface area contributed by atoms with Crippen LogP contribution in [0.4, 0.5) is 20.6 Å². The average molecular weight is 433 g/mol. The summed E-state index contributed by atoms with van der Waals surface area (Å²) in [4.78, 5) is 38.0. The summed E-state index contributed by atoms with van der Waals surface area (Å²) in [5.41, 5.74) is 0.903. The van der Waals surface area contributed by atoms with Crippen LogP contribution >= 0.6 is 11.6 Å². The summed E-state index contributed by atoms with van der Waals surface area (Å²) in [7, 11) is 0. The minimum Gasteiger partial charge on any atom is -0.348 e. The Balaban J connectivity index is 1.39. The average Bonchev–Trinajstić information content (AvgIpc) is 2.75. The largest absolute Gasteiger partial charge is 0.348 e. The first-order valence-electron chi connectivity index (χ1n) is 9.57. The van der Waals surface area contributed by atoms with E-state index in [1.807, 2.05) is 0 Å². The number of amides is 4. The normalized spacial score (nSPS) is 14.1. The second-order valence-corrected chi connectivity index (χ2v) is 7.42. The van der Waals surface area contributed by atoms with Gasteiger partial charge in [-0.05, 0) is 55.2 Å². The summed E-state index contributed by atoms with van der Waals surface area (Å²) in [6.07, 6.45) is 1.40. The summed E-state index contributed by atoms with van der Waals surface area (Å²) in [5, 5.41) is 8.20. The molecule has 1 aliphatic heterocycles. The monoisotopic (exact) mass is 432 g/mol. The first-order chi connectivity index (χ1) is 14.4. The Morgan fingerprint density at radius 2 is 1.63 bits per heavy atom. The molecular formula is C21H22ClFN4O3. The van der Waals surface area contributed by atoms with Crippen molar-refractivity contribution >= 4 is 40.8 Å². The number of anilines is 2. The van der Waals surface area contributed by atoms with Crippen molar-refractivity contribution in [3.63, 3.8) is 0 Å². The van der Waals surface area contributed by atoms with Crippen LogP contribution in [0.2, 0.25) is 5.02 Å². The van der Waals surface area contributed by atoms with Gasteiger partial charge in [0.05, 0.1) is 10.7 Å². The van der Waals surface area contributed by atoms with Crippen LogP contribution in [0.25, 0.3) is 0 Å². The predicted octanol–water partition coefficient (Wildman–Crippen LogP) is 3.48. The number of likely N-dealkylation sites (tertiary alicyclic amines) is 1. The molecule has 9 heteroatoms. The van der Waals surface area contributed by atoms with E-state index in [1.54, 1.807) is 29.2 Å². The van der Waals surface area contributed by atoms with Gasteiger partial charge in [-0.3, -0.25) is 9.59 Å². The number of rotatable bonds is 4. The van der Waals surface area contributed by atoms with Gasteiger partial charge in [0.1, 0.15) is 5.82 Å². The van der Waals surface area contributed by atoms with E-state index in [2.05, 4.69) is 16.0 Å². The van der Waals surface area contributed by atoms with Gasteiger partial charge >= 0.3 is 17.8 Å². The highest BCUT2D eigenvalue weighted by atomic mass is 35.5. The van der Waals surface area contributed by atoms with Crippen molar-refractivity contribution in [1.29, 1.82) is 0 Å². The number of nitrogens with zero attached hydrogens (tertiary/aromatic N) is 1. The summed E-state index contributed by atoms with van der Waals surface area (Å²) in [6.45, 7) is 1.40. The van der Waals surface area contributed by atoms with Crippen LogP contribution in [-0.2, 0) is 9.59 Å². The highest BCUT2D eigenvalue weighted by molar-refractivity contribution is 6.41. The van der Waals surface area contributed by atoms with Gasteiger partial charge < -0.3 is 20.9 Å². The Hall–Kier alpha value is -3.13. The molecule has 0 atom stereocenters. The molecule has 1 heterocycles. The minimum atomic E-state index is -0.779. The smallest absolute Gasteiger partial charge is 0.321 e. The molecule has 0 aromatic heterocycles. The van der Waals surface area contributed by atoms with E-state index in [-0.39, 0.29) is 17.8 Å². The van der Waals surface area contributed by atoms with Crippen LogP contribution < -0.4 is 16.0 Å². The Labute approximate surface area is 178 Å². The Kier molecular flexibility index (Phi) is 7.24.